The lowest BCUT2D eigenvalue weighted by molar-refractivity contribution is 1.05. The molecule has 0 saturated heterocycles. The van der Waals surface area contributed by atoms with Gasteiger partial charge in [-0.1, -0.05) is 42.5 Å². The first-order chi connectivity index (χ1) is 26.6. The Morgan fingerprint density at radius 3 is 0.679 bits per heavy atom. The van der Waals surface area contributed by atoms with Crippen molar-refractivity contribution in [2.24, 2.45) is 0 Å². The second-order valence-electron chi connectivity index (χ2n) is 13.4. The fourth-order valence-corrected chi connectivity index (χ4v) is 3.92. The lowest BCUT2D eigenvalue weighted by atomic mass is 10.1. The average Bonchev–Trinajstić information content (AvgIpc) is 3.18. The number of aromatic nitrogens is 7. The van der Waals surface area contributed by atoms with E-state index in [2.05, 4.69) is 140 Å². The Morgan fingerprint density at radius 2 is 0.500 bits per heavy atom. The number of rotatable bonds is 0. The number of hydrogen-bond acceptors (Lipinski definition) is 7. The molecule has 0 aliphatic carbocycles. The van der Waals surface area contributed by atoms with Gasteiger partial charge in [-0.05, 0) is 177 Å². The lowest BCUT2D eigenvalue weighted by Crippen LogP contribution is -1.87. The minimum atomic E-state index is 1.01. The van der Waals surface area contributed by atoms with E-state index in [9.17, 15) is 0 Å². The molecule has 294 valence electrons. The molecule has 0 unspecified atom stereocenters. The van der Waals surface area contributed by atoms with E-state index in [1.807, 2.05) is 108 Å². The van der Waals surface area contributed by atoms with Crippen LogP contribution in [0.15, 0.2) is 129 Å². The third-order valence-electron chi connectivity index (χ3n) is 8.97. The highest BCUT2D eigenvalue weighted by Gasteiger charge is 1.89. The van der Waals surface area contributed by atoms with Gasteiger partial charge in [-0.15, -0.1) is 0 Å². The standard InChI is InChI=1S/C8H10.5C7H9N.C6H8N2/c1-7-5-3-4-6-8(7)2;2*1-6-3-4-8-5-7(6)2;3*1-6-4-3-5-8-7(6)2;1-5-6(2)8-4-3-7-5/h3-6H,1-2H3;5*3-5H,1-2H3;3-4H,1-2H3. The molecule has 0 bridgehead atoms. The Labute approximate surface area is 337 Å². The number of pyridine rings is 5. The van der Waals surface area contributed by atoms with Gasteiger partial charge in [0, 0.05) is 72.9 Å². The van der Waals surface area contributed by atoms with Crippen molar-refractivity contribution in [2.45, 2.75) is 96.9 Å². The fraction of sp³-hybridized carbons (Fsp3) is 0.286. The zero-order chi connectivity index (χ0) is 41.9. The van der Waals surface area contributed by atoms with Gasteiger partial charge < -0.3 is 0 Å². The van der Waals surface area contributed by atoms with Gasteiger partial charge in [0.05, 0.1) is 11.4 Å². The summed E-state index contributed by atoms with van der Waals surface area (Å²) >= 11 is 0. The minimum Gasteiger partial charge on any atom is -0.264 e. The van der Waals surface area contributed by atoms with Crippen LogP contribution in [0.4, 0.5) is 0 Å². The molecule has 0 aliphatic rings. The van der Waals surface area contributed by atoms with E-state index in [0.717, 1.165) is 28.5 Å². The molecule has 0 atom stereocenters. The zero-order valence-electron chi connectivity index (χ0n) is 36.3. The summed E-state index contributed by atoms with van der Waals surface area (Å²) in [6, 6.07) is 24.4. The molecule has 7 aromatic rings. The summed E-state index contributed by atoms with van der Waals surface area (Å²) in [7, 11) is 0. The largest absolute Gasteiger partial charge is 0.264 e. The van der Waals surface area contributed by atoms with Crippen LogP contribution in [0.5, 0.6) is 0 Å². The summed E-state index contributed by atoms with van der Waals surface area (Å²) in [6.07, 6.45) is 16.2. The van der Waals surface area contributed by atoms with Crippen molar-refractivity contribution < 1.29 is 0 Å². The summed E-state index contributed by atoms with van der Waals surface area (Å²) in [5.74, 6) is 0. The van der Waals surface area contributed by atoms with E-state index in [1.54, 1.807) is 12.4 Å². The SMILES string of the molecule is Cc1ccccc1C.Cc1cccnc1C.Cc1cccnc1C.Cc1cccnc1C.Cc1ccncc1C.Cc1ccncc1C.Cc1nccnc1C. The maximum Gasteiger partial charge on any atom is 0.0584 e. The molecule has 0 aliphatic heterocycles. The smallest absolute Gasteiger partial charge is 0.0584 e. The van der Waals surface area contributed by atoms with Crippen LogP contribution in [-0.2, 0) is 0 Å². The Morgan fingerprint density at radius 1 is 0.232 bits per heavy atom. The molecular weight excluding hydrogens is 687 g/mol. The summed E-state index contributed by atoms with van der Waals surface area (Å²) in [5.41, 5.74) is 17.0. The highest BCUT2D eigenvalue weighted by atomic mass is 14.8. The molecule has 0 fully saturated rings. The monoisotopic (exact) mass is 750 g/mol. The number of nitrogens with zero attached hydrogens (tertiary/aromatic N) is 7. The van der Waals surface area contributed by atoms with Crippen molar-refractivity contribution >= 4 is 0 Å². The van der Waals surface area contributed by atoms with Gasteiger partial charge in [0.2, 0.25) is 0 Å². The van der Waals surface area contributed by atoms with E-state index >= 15 is 0 Å². The van der Waals surface area contributed by atoms with Crippen molar-refractivity contribution in [3.05, 3.63) is 207 Å². The van der Waals surface area contributed by atoms with Crippen LogP contribution in [0.3, 0.4) is 0 Å². The molecule has 0 N–H and O–H groups in total. The maximum atomic E-state index is 4.08. The first-order valence-electron chi connectivity index (χ1n) is 18.8. The second kappa shape index (κ2) is 27.6. The Bertz CT molecular complexity index is 1550. The molecule has 56 heavy (non-hydrogen) atoms. The van der Waals surface area contributed by atoms with Crippen molar-refractivity contribution in [3.8, 4) is 0 Å². The van der Waals surface area contributed by atoms with Gasteiger partial charge in [0.15, 0.2) is 0 Å². The predicted molar refractivity (Wildman–Crippen MR) is 236 cm³/mol. The fourth-order valence-electron chi connectivity index (χ4n) is 3.92. The van der Waals surface area contributed by atoms with Gasteiger partial charge in [0.1, 0.15) is 0 Å². The Balaban J connectivity index is 0.000000327. The maximum absolute atomic E-state index is 4.08. The van der Waals surface area contributed by atoms with E-state index in [4.69, 9.17) is 0 Å². The molecule has 0 amide bonds. The van der Waals surface area contributed by atoms with Crippen molar-refractivity contribution in [2.75, 3.05) is 0 Å². The molecule has 0 radical (unpaired) electrons. The summed E-state index contributed by atoms with van der Waals surface area (Å²) in [4.78, 5) is 28.2. The minimum absolute atomic E-state index is 1.01. The second-order valence-corrected chi connectivity index (χ2v) is 13.4. The third kappa shape index (κ3) is 21.1. The summed E-state index contributed by atoms with van der Waals surface area (Å²) in [6.45, 7) is 28.6. The predicted octanol–water partition coefficient (Wildman–Crippen LogP) is 11.9. The highest BCUT2D eigenvalue weighted by Crippen LogP contribution is 2.04. The van der Waals surface area contributed by atoms with E-state index in [-0.39, 0.29) is 0 Å². The van der Waals surface area contributed by atoms with Gasteiger partial charge in [-0.25, -0.2) is 0 Å². The highest BCUT2D eigenvalue weighted by molar-refractivity contribution is 5.23. The van der Waals surface area contributed by atoms with E-state index in [1.165, 1.54) is 50.1 Å². The summed E-state index contributed by atoms with van der Waals surface area (Å²) in [5, 5.41) is 0. The molecule has 0 spiro atoms. The van der Waals surface area contributed by atoms with Gasteiger partial charge >= 0.3 is 0 Å². The first-order valence-corrected chi connectivity index (χ1v) is 18.8. The molecule has 7 heteroatoms. The normalized spacial score (nSPS) is 9.25. The van der Waals surface area contributed by atoms with Crippen LogP contribution in [0, 0.1) is 96.9 Å². The molecule has 7 nitrogen and oxygen atoms in total. The van der Waals surface area contributed by atoms with Crippen LogP contribution in [0.1, 0.15) is 78.5 Å². The molecule has 7 rings (SSSR count). The summed E-state index contributed by atoms with van der Waals surface area (Å²) < 4.78 is 0. The molecule has 0 saturated carbocycles. The lowest BCUT2D eigenvalue weighted by Gasteiger charge is -1.93. The van der Waals surface area contributed by atoms with Crippen LogP contribution >= 0.6 is 0 Å². The Kier molecular flexibility index (Phi) is 23.7. The van der Waals surface area contributed by atoms with Crippen molar-refractivity contribution in [1.82, 2.24) is 34.9 Å². The van der Waals surface area contributed by atoms with Crippen molar-refractivity contribution in [1.29, 1.82) is 0 Å². The number of benzene rings is 1. The molecule has 6 aromatic heterocycles. The number of hydrogen-bond donors (Lipinski definition) is 0. The van der Waals surface area contributed by atoms with Gasteiger partial charge in [-0.2, -0.15) is 0 Å². The van der Waals surface area contributed by atoms with Crippen LogP contribution in [-0.4, -0.2) is 34.9 Å². The van der Waals surface area contributed by atoms with Crippen molar-refractivity contribution in [3.63, 3.8) is 0 Å². The molecular formula is C49H63N7. The molecule has 1 aromatic carbocycles. The quantitative estimate of drug-likeness (QED) is 0.152. The topological polar surface area (TPSA) is 90.2 Å². The van der Waals surface area contributed by atoms with Gasteiger partial charge in [-0.3, -0.25) is 34.9 Å². The van der Waals surface area contributed by atoms with E-state index in [0.29, 0.717) is 0 Å². The molecule has 6 heterocycles. The average molecular weight is 750 g/mol. The zero-order valence-corrected chi connectivity index (χ0v) is 36.3. The first kappa shape index (κ1) is 48.1. The van der Waals surface area contributed by atoms with Crippen LogP contribution in [0.25, 0.3) is 0 Å². The van der Waals surface area contributed by atoms with Gasteiger partial charge in [0.25, 0.3) is 0 Å². The third-order valence-corrected chi connectivity index (χ3v) is 8.97. The van der Waals surface area contributed by atoms with Crippen LogP contribution < -0.4 is 0 Å². The van der Waals surface area contributed by atoms with E-state index < -0.39 is 0 Å². The number of aryl methyl sites for hydroxylation is 14. The Hall–Kier alpha value is -5.95. The van der Waals surface area contributed by atoms with Crippen LogP contribution in [0.2, 0.25) is 0 Å².